The van der Waals surface area contributed by atoms with E-state index in [9.17, 15) is 0 Å². The predicted octanol–water partition coefficient (Wildman–Crippen LogP) is 3.49. The molecule has 0 N–H and O–H groups in total. The van der Waals surface area contributed by atoms with Gasteiger partial charge in [-0.15, -0.1) is 0 Å². The highest BCUT2D eigenvalue weighted by Crippen LogP contribution is 2.13. The molecule has 2 nitrogen and oxygen atoms in total. The summed E-state index contributed by atoms with van der Waals surface area (Å²) in [4.78, 5) is 6.86. The Morgan fingerprint density at radius 3 is 1.80 bits per heavy atom. The van der Waals surface area contributed by atoms with Gasteiger partial charge in [-0.1, -0.05) is 0 Å². The molecule has 0 aromatic heterocycles. The Kier molecular flexibility index (Phi) is 5.63. The average Bonchev–Trinajstić information content (AvgIpc) is 2.13. The highest BCUT2D eigenvalue weighted by molar-refractivity contribution is 5.98. The molecular formula is C13H26N2. The fraction of sp³-hybridized carbons (Fsp3) is 0.769. The van der Waals surface area contributed by atoms with Crippen LogP contribution in [-0.4, -0.2) is 29.7 Å². The fourth-order valence-electron chi connectivity index (χ4n) is 1.40. The van der Waals surface area contributed by atoms with E-state index in [2.05, 4.69) is 65.4 Å². The van der Waals surface area contributed by atoms with Crippen molar-refractivity contribution in [2.45, 2.75) is 60.5 Å². The van der Waals surface area contributed by atoms with Gasteiger partial charge in [0.1, 0.15) is 0 Å². The molecule has 0 aliphatic heterocycles. The minimum Gasteiger partial charge on any atom is -0.375 e. The van der Waals surface area contributed by atoms with Crippen LogP contribution in [-0.2, 0) is 0 Å². The molecule has 0 radical (unpaired) electrons. The summed E-state index contributed by atoms with van der Waals surface area (Å²) >= 11 is 0. The van der Waals surface area contributed by atoms with Gasteiger partial charge in [-0.2, -0.15) is 0 Å². The highest BCUT2D eigenvalue weighted by atomic mass is 15.1. The van der Waals surface area contributed by atoms with Crippen molar-refractivity contribution in [2.24, 2.45) is 4.99 Å². The molecule has 0 bridgehead atoms. The smallest absolute Gasteiger partial charge is 0.0446 e. The van der Waals surface area contributed by atoms with Crippen LogP contribution in [0.25, 0.3) is 0 Å². The lowest BCUT2D eigenvalue weighted by Crippen LogP contribution is -2.26. The summed E-state index contributed by atoms with van der Waals surface area (Å²) in [5.74, 6) is 0. The van der Waals surface area contributed by atoms with Crippen molar-refractivity contribution in [3.8, 4) is 0 Å². The van der Waals surface area contributed by atoms with Gasteiger partial charge >= 0.3 is 0 Å². The number of hydrogen-bond acceptors (Lipinski definition) is 2. The molecule has 0 spiro atoms. The Labute approximate surface area is 95.1 Å². The van der Waals surface area contributed by atoms with Crippen LogP contribution < -0.4 is 0 Å². The monoisotopic (exact) mass is 210 g/mol. The molecule has 2 heteroatoms. The molecule has 15 heavy (non-hydrogen) atoms. The lowest BCUT2D eigenvalue weighted by molar-refractivity contribution is 0.343. The van der Waals surface area contributed by atoms with Gasteiger partial charge in [0, 0.05) is 30.5 Å². The number of nitrogens with zero attached hydrogens (tertiary/aromatic N) is 2. The maximum atomic E-state index is 4.57. The van der Waals surface area contributed by atoms with Gasteiger partial charge in [0.15, 0.2) is 0 Å². The summed E-state index contributed by atoms with van der Waals surface area (Å²) in [6, 6.07) is 0.906. The molecular weight excluding hydrogens is 184 g/mol. The van der Waals surface area contributed by atoms with Gasteiger partial charge in [-0.3, -0.25) is 4.99 Å². The van der Waals surface area contributed by atoms with Gasteiger partial charge in [-0.25, -0.2) is 0 Å². The fourth-order valence-corrected chi connectivity index (χ4v) is 1.40. The molecule has 0 aliphatic carbocycles. The Balaban J connectivity index is 4.93. The number of allylic oxidation sites excluding steroid dienone is 2. The SMILES string of the molecule is CC(=N/C(C)C)/C(C)=C(/C)N(C)C(C)C. The third-order valence-electron chi connectivity index (χ3n) is 2.84. The summed E-state index contributed by atoms with van der Waals surface area (Å²) in [7, 11) is 2.13. The highest BCUT2D eigenvalue weighted by Gasteiger charge is 2.08. The van der Waals surface area contributed by atoms with Crippen molar-refractivity contribution in [1.29, 1.82) is 0 Å². The van der Waals surface area contributed by atoms with E-state index >= 15 is 0 Å². The summed E-state index contributed by atoms with van der Waals surface area (Å²) in [5.41, 5.74) is 3.75. The maximum Gasteiger partial charge on any atom is 0.0446 e. The Morgan fingerprint density at radius 1 is 1.00 bits per heavy atom. The lowest BCUT2D eigenvalue weighted by Gasteiger charge is -2.26. The molecule has 0 atom stereocenters. The molecule has 0 saturated heterocycles. The molecule has 0 fully saturated rings. The van der Waals surface area contributed by atoms with Gasteiger partial charge in [0.2, 0.25) is 0 Å². The zero-order valence-electron chi connectivity index (χ0n) is 11.5. The third-order valence-corrected chi connectivity index (χ3v) is 2.84. The standard InChI is InChI=1S/C13H26N2/c1-9(2)14-12(6)11(5)13(7)15(8)10(3)4/h9-10H,1-8H3/b13-11-,14-12-. The first-order valence-corrected chi connectivity index (χ1v) is 5.72. The summed E-state index contributed by atoms with van der Waals surface area (Å²) in [6.45, 7) is 15.0. The normalized spacial score (nSPS) is 14.7. The zero-order valence-corrected chi connectivity index (χ0v) is 11.5. The summed E-state index contributed by atoms with van der Waals surface area (Å²) in [5, 5.41) is 0. The van der Waals surface area contributed by atoms with Crippen molar-refractivity contribution in [1.82, 2.24) is 4.90 Å². The molecule has 0 aromatic rings. The van der Waals surface area contributed by atoms with Crippen LogP contribution in [0, 0.1) is 0 Å². The van der Waals surface area contributed by atoms with E-state index in [1.165, 1.54) is 11.3 Å². The maximum absolute atomic E-state index is 4.57. The molecule has 0 amide bonds. The second-order valence-electron chi connectivity index (χ2n) is 4.72. The van der Waals surface area contributed by atoms with Crippen molar-refractivity contribution in [3.05, 3.63) is 11.3 Å². The van der Waals surface area contributed by atoms with E-state index in [-0.39, 0.29) is 0 Å². The molecule has 0 unspecified atom stereocenters. The second kappa shape index (κ2) is 5.94. The van der Waals surface area contributed by atoms with Crippen LogP contribution in [0.15, 0.2) is 16.3 Å². The first-order valence-electron chi connectivity index (χ1n) is 5.72. The third kappa shape index (κ3) is 4.50. The molecule has 0 heterocycles. The van der Waals surface area contributed by atoms with Crippen LogP contribution in [0.4, 0.5) is 0 Å². The number of hydrogen-bond donors (Lipinski definition) is 0. The minimum atomic E-state index is 0.372. The Hall–Kier alpha value is -0.790. The van der Waals surface area contributed by atoms with E-state index in [1.54, 1.807) is 0 Å². The molecule has 0 aromatic carbocycles. The Bertz CT molecular complexity index is 260. The minimum absolute atomic E-state index is 0.372. The van der Waals surface area contributed by atoms with Crippen LogP contribution in [0.2, 0.25) is 0 Å². The Morgan fingerprint density at radius 2 is 1.47 bits per heavy atom. The average molecular weight is 210 g/mol. The number of rotatable bonds is 4. The predicted molar refractivity (Wildman–Crippen MR) is 69.5 cm³/mol. The van der Waals surface area contributed by atoms with Crippen LogP contribution >= 0.6 is 0 Å². The summed E-state index contributed by atoms with van der Waals surface area (Å²) in [6.07, 6.45) is 0. The van der Waals surface area contributed by atoms with E-state index in [1.807, 2.05) is 0 Å². The van der Waals surface area contributed by atoms with Crippen LogP contribution in [0.3, 0.4) is 0 Å². The molecule has 0 saturated carbocycles. The van der Waals surface area contributed by atoms with Gasteiger partial charge < -0.3 is 4.90 Å². The largest absolute Gasteiger partial charge is 0.375 e. The van der Waals surface area contributed by atoms with Crippen molar-refractivity contribution in [2.75, 3.05) is 7.05 Å². The zero-order chi connectivity index (χ0) is 12.2. The lowest BCUT2D eigenvalue weighted by atomic mass is 10.1. The quantitative estimate of drug-likeness (QED) is 0.649. The van der Waals surface area contributed by atoms with Crippen molar-refractivity contribution >= 4 is 5.71 Å². The van der Waals surface area contributed by atoms with Gasteiger partial charge in [-0.05, 0) is 54.0 Å². The topological polar surface area (TPSA) is 15.6 Å². The summed E-state index contributed by atoms with van der Waals surface area (Å²) < 4.78 is 0. The van der Waals surface area contributed by atoms with E-state index in [4.69, 9.17) is 0 Å². The number of aliphatic imine (C=N–C) groups is 1. The molecule has 0 rings (SSSR count). The van der Waals surface area contributed by atoms with Crippen molar-refractivity contribution < 1.29 is 0 Å². The first kappa shape index (κ1) is 14.2. The van der Waals surface area contributed by atoms with Crippen LogP contribution in [0.1, 0.15) is 48.5 Å². The molecule has 88 valence electrons. The van der Waals surface area contributed by atoms with Crippen LogP contribution in [0.5, 0.6) is 0 Å². The van der Waals surface area contributed by atoms with E-state index in [0.717, 1.165) is 5.71 Å². The van der Waals surface area contributed by atoms with Crippen molar-refractivity contribution in [3.63, 3.8) is 0 Å². The molecule has 0 aliphatic rings. The van der Waals surface area contributed by atoms with Gasteiger partial charge in [0.25, 0.3) is 0 Å². The first-order chi connectivity index (χ1) is 6.77. The van der Waals surface area contributed by atoms with Gasteiger partial charge in [0.05, 0.1) is 0 Å². The van der Waals surface area contributed by atoms with E-state index in [0.29, 0.717) is 12.1 Å². The second-order valence-corrected chi connectivity index (χ2v) is 4.72. The van der Waals surface area contributed by atoms with E-state index < -0.39 is 0 Å².